The van der Waals surface area contributed by atoms with Gasteiger partial charge in [0.2, 0.25) is 5.91 Å². The van der Waals surface area contributed by atoms with Crippen molar-refractivity contribution in [1.82, 2.24) is 14.9 Å². The van der Waals surface area contributed by atoms with Gasteiger partial charge in [0.1, 0.15) is 0 Å². The van der Waals surface area contributed by atoms with Crippen molar-refractivity contribution in [3.63, 3.8) is 0 Å². The smallest absolute Gasteiger partial charge is 0.233 e. The normalized spacial score (nSPS) is 9.50. The van der Waals surface area contributed by atoms with Gasteiger partial charge in [-0.1, -0.05) is 23.9 Å². The van der Waals surface area contributed by atoms with E-state index >= 15 is 0 Å². The predicted molar refractivity (Wildman–Crippen MR) is 86.5 cm³/mol. The summed E-state index contributed by atoms with van der Waals surface area (Å²) in [7, 11) is 0. The third-order valence-corrected chi connectivity index (χ3v) is 3.17. The summed E-state index contributed by atoms with van der Waals surface area (Å²) in [5.74, 6) is 0.359. The van der Waals surface area contributed by atoms with Gasteiger partial charge in [0, 0.05) is 24.5 Å². The Kier molecular flexibility index (Phi) is 8.92. The number of hydrogen-bond donors (Lipinski definition) is 0. The summed E-state index contributed by atoms with van der Waals surface area (Å²) in [5.41, 5.74) is 1.83. The van der Waals surface area contributed by atoms with E-state index in [2.05, 4.69) is 23.1 Å². The lowest BCUT2D eigenvalue weighted by Crippen LogP contribution is -2.32. The Bertz CT molecular complexity index is 449. The molecule has 0 fully saturated rings. The average molecular weight is 314 g/mol. The van der Waals surface area contributed by atoms with Crippen LogP contribution in [0, 0.1) is 13.8 Å². The predicted octanol–water partition coefficient (Wildman–Crippen LogP) is 2.81. The molecule has 0 aromatic carbocycles. The first kappa shape index (κ1) is 18.7. The van der Waals surface area contributed by atoms with Gasteiger partial charge >= 0.3 is 0 Å². The van der Waals surface area contributed by atoms with E-state index in [9.17, 15) is 4.79 Å². The fraction of sp³-hybridized carbons (Fsp3) is 0.357. The Morgan fingerprint density at radius 3 is 2.20 bits per heavy atom. The van der Waals surface area contributed by atoms with Gasteiger partial charge < -0.3 is 4.90 Å². The summed E-state index contributed by atoms with van der Waals surface area (Å²) in [6.07, 6.45) is 3.42. The van der Waals surface area contributed by atoms with E-state index in [1.807, 2.05) is 19.9 Å². The van der Waals surface area contributed by atoms with E-state index in [1.54, 1.807) is 17.1 Å². The van der Waals surface area contributed by atoms with Crippen LogP contribution in [-0.4, -0.2) is 39.6 Å². The maximum absolute atomic E-state index is 12.0. The summed E-state index contributed by atoms with van der Waals surface area (Å²) in [5, 5.41) is 0.642. The van der Waals surface area contributed by atoms with E-state index in [0.717, 1.165) is 11.4 Å². The molecule has 0 aliphatic rings. The molecule has 0 aliphatic carbocycles. The Balaban J connectivity index is 0.00000361. The van der Waals surface area contributed by atoms with Crippen LogP contribution in [0.4, 0.5) is 0 Å². The van der Waals surface area contributed by atoms with Crippen LogP contribution in [0.3, 0.4) is 0 Å². The van der Waals surface area contributed by atoms with Gasteiger partial charge in [0.05, 0.1) is 5.75 Å². The van der Waals surface area contributed by atoms with Crippen LogP contribution in [0.1, 0.15) is 11.4 Å². The first-order valence-electron chi connectivity index (χ1n) is 6.01. The number of amides is 1. The number of hydrogen-bond acceptors (Lipinski definition) is 4. The first-order chi connectivity index (χ1) is 9.06. The van der Waals surface area contributed by atoms with Crippen molar-refractivity contribution >= 4 is 30.1 Å². The van der Waals surface area contributed by atoms with Crippen LogP contribution in [0.25, 0.3) is 0 Å². The van der Waals surface area contributed by atoms with Gasteiger partial charge in [-0.2, -0.15) is 0 Å². The molecule has 0 spiro atoms. The molecule has 4 nitrogen and oxygen atoms in total. The van der Waals surface area contributed by atoms with Gasteiger partial charge in [0.15, 0.2) is 5.16 Å². The number of rotatable bonds is 7. The molecule has 1 heterocycles. The number of aryl methyl sites for hydroxylation is 2. The molecule has 1 aromatic rings. The molecule has 0 saturated carbocycles. The van der Waals surface area contributed by atoms with Crippen molar-refractivity contribution in [2.24, 2.45) is 0 Å². The van der Waals surface area contributed by atoms with E-state index < -0.39 is 0 Å². The van der Waals surface area contributed by atoms with E-state index in [0.29, 0.717) is 24.0 Å². The molecule has 0 aliphatic heterocycles. The molecule has 1 aromatic heterocycles. The Morgan fingerprint density at radius 2 is 1.75 bits per heavy atom. The zero-order chi connectivity index (χ0) is 14.3. The summed E-state index contributed by atoms with van der Waals surface area (Å²) in [4.78, 5) is 22.3. The summed E-state index contributed by atoms with van der Waals surface area (Å²) in [6, 6.07) is 1.91. The SMILES string of the molecule is C=CCN(CC=C)C(=O)CSc1nc(C)cc(C)n1.Cl. The zero-order valence-corrected chi connectivity index (χ0v) is 13.5. The third-order valence-electron chi connectivity index (χ3n) is 2.34. The van der Waals surface area contributed by atoms with Crippen LogP contribution >= 0.6 is 24.2 Å². The molecule has 0 N–H and O–H groups in total. The first-order valence-corrected chi connectivity index (χ1v) is 7.00. The van der Waals surface area contributed by atoms with Crippen molar-refractivity contribution in [2.45, 2.75) is 19.0 Å². The molecule has 1 amide bonds. The number of aromatic nitrogens is 2. The minimum Gasteiger partial charge on any atom is -0.335 e. The van der Waals surface area contributed by atoms with Crippen LogP contribution in [-0.2, 0) is 4.79 Å². The lowest BCUT2D eigenvalue weighted by Gasteiger charge is -2.18. The number of carbonyl (C=O) groups is 1. The highest BCUT2D eigenvalue weighted by atomic mass is 35.5. The minimum absolute atomic E-state index is 0. The molecule has 6 heteroatoms. The van der Waals surface area contributed by atoms with Gasteiger partial charge in [0.25, 0.3) is 0 Å². The molecule has 1 rings (SSSR count). The van der Waals surface area contributed by atoms with E-state index in [-0.39, 0.29) is 18.3 Å². The molecular formula is C14H20ClN3OS. The standard InChI is InChI=1S/C14H19N3OS.ClH/c1-5-7-17(8-6-2)13(18)10-19-14-15-11(3)9-12(4)16-14;/h5-6,9H,1-2,7-8,10H2,3-4H3;1H. The molecule has 20 heavy (non-hydrogen) atoms. The lowest BCUT2D eigenvalue weighted by molar-refractivity contribution is -0.127. The van der Waals surface area contributed by atoms with Crippen molar-refractivity contribution in [2.75, 3.05) is 18.8 Å². The second-order valence-corrected chi connectivity index (χ2v) is 5.04. The maximum Gasteiger partial charge on any atom is 0.233 e. The maximum atomic E-state index is 12.0. The van der Waals surface area contributed by atoms with Crippen molar-refractivity contribution in [3.8, 4) is 0 Å². The summed E-state index contributed by atoms with van der Waals surface area (Å²) >= 11 is 1.35. The molecule has 0 atom stereocenters. The Labute approximate surface area is 130 Å². The van der Waals surface area contributed by atoms with Crippen LogP contribution in [0.2, 0.25) is 0 Å². The number of nitrogens with zero attached hydrogens (tertiary/aromatic N) is 3. The van der Waals surface area contributed by atoms with Crippen molar-refractivity contribution in [1.29, 1.82) is 0 Å². The Hall–Kier alpha value is -1.33. The lowest BCUT2D eigenvalue weighted by atomic mass is 10.4. The van der Waals surface area contributed by atoms with Crippen molar-refractivity contribution in [3.05, 3.63) is 42.8 Å². The highest BCUT2D eigenvalue weighted by Crippen LogP contribution is 2.14. The number of thioether (sulfide) groups is 1. The monoisotopic (exact) mass is 313 g/mol. The fourth-order valence-electron chi connectivity index (χ4n) is 1.57. The second-order valence-electron chi connectivity index (χ2n) is 4.10. The van der Waals surface area contributed by atoms with Crippen LogP contribution < -0.4 is 0 Å². The van der Waals surface area contributed by atoms with Gasteiger partial charge in [-0.3, -0.25) is 4.79 Å². The van der Waals surface area contributed by atoms with Gasteiger partial charge in [-0.15, -0.1) is 25.6 Å². The molecule has 0 radical (unpaired) electrons. The molecule has 0 saturated heterocycles. The summed E-state index contributed by atoms with van der Waals surface area (Å²) < 4.78 is 0. The van der Waals surface area contributed by atoms with Crippen LogP contribution in [0.15, 0.2) is 36.5 Å². The number of halogens is 1. The molecule has 110 valence electrons. The zero-order valence-electron chi connectivity index (χ0n) is 11.8. The minimum atomic E-state index is 0. The third kappa shape index (κ3) is 6.21. The van der Waals surface area contributed by atoms with E-state index in [4.69, 9.17) is 0 Å². The van der Waals surface area contributed by atoms with Gasteiger partial charge in [-0.05, 0) is 19.9 Å². The largest absolute Gasteiger partial charge is 0.335 e. The average Bonchev–Trinajstić information content (AvgIpc) is 2.34. The van der Waals surface area contributed by atoms with Crippen molar-refractivity contribution < 1.29 is 4.79 Å². The highest BCUT2D eigenvalue weighted by Gasteiger charge is 2.12. The molecule has 0 unspecified atom stereocenters. The van der Waals surface area contributed by atoms with E-state index in [1.165, 1.54) is 11.8 Å². The second kappa shape index (κ2) is 9.55. The molecule has 0 bridgehead atoms. The highest BCUT2D eigenvalue weighted by molar-refractivity contribution is 7.99. The quantitative estimate of drug-likeness (QED) is 0.441. The fourth-order valence-corrected chi connectivity index (χ4v) is 2.42. The Morgan fingerprint density at radius 1 is 1.25 bits per heavy atom. The molecular weight excluding hydrogens is 294 g/mol. The number of carbonyl (C=O) groups excluding carboxylic acids is 1. The van der Waals surface area contributed by atoms with Gasteiger partial charge in [-0.25, -0.2) is 9.97 Å². The summed E-state index contributed by atoms with van der Waals surface area (Å²) in [6.45, 7) is 12.2. The van der Waals surface area contributed by atoms with Crippen LogP contribution in [0.5, 0.6) is 0 Å². The topological polar surface area (TPSA) is 46.1 Å².